The highest BCUT2D eigenvalue weighted by molar-refractivity contribution is 7.89. The molecule has 1 unspecified atom stereocenters. The fraction of sp³-hybridized carbons (Fsp3) is 0.538. The van der Waals surface area contributed by atoms with E-state index in [2.05, 4.69) is 10.0 Å². The second-order valence-electron chi connectivity index (χ2n) is 4.81. The molecule has 1 aromatic rings. The Kier molecular flexibility index (Phi) is 4.37. The van der Waals surface area contributed by atoms with E-state index in [0.717, 1.165) is 37.9 Å². The minimum Gasteiger partial charge on any atom is -0.317 e. The Morgan fingerprint density at radius 3 is 2.61 bits per heavy atom. The molecule has 1 fully saturated rings. The highest BCUT2D eigenvalue weighted by atomic mass is 32.2. The van der Waals surface area contributed by atoms with Gasteiger partial charge in [-0.15, -0.1) is 0 Å². The predicted molar refractivity (Wildman–Crippen MR) is 72.0 cm³/mol. The van der Waals surface area contributed by atoms with Crippen LogP contribution in [0.2, 0.25) is 0 Å². The third-order valence-electron chi connectivity index (χ3n) is 3.23. The van der Waals surface area contributed by atoms with Crippen molar-refractivity contribution in [2.45, 2.75) is 37.1 Å². The van der Waals surface area contributed by atoms with Gasteiger partial charge < -0.3 is 5.32 Å². The topological polar surface area (TPSA) is 58.2 Å². The summed E-state index contributed by atoms with van der Waals surface area (Å²) < 4.78 is 27.2. The lowest BCUT2D eigenvalue weighted by molar-refractivity contribution is 0.518. The van der Waals surface area contributed by atoms with Crippen molar-refractivity contribution in [1.82, 2.24) is 10.0 Å². The Bertz CT molecular complexity index is 474. The molecule has 0 spiro atoms. The molecule has 1 heterocycles. The summed E-state index contributed by atoms with van der Waals surface area (Å²) in [6, 6.07) is 7.01. The molecule has 0 radical (unpaired) electrons. The van der Waals surface area contributed by atoms with Crippen LogP contribution in [0.5, 0.6) is 0 Å². The molecule has 2 N–H and O–H groups in total. The van der Waals surface area contributed by atoms with Crippen molar-refractivity contribution in [3.63, 3.8) is 0 Å². The molecule has 1 aromatic carbocycles. The Morgan fingerprint density at radius 2 is 1.89 bits per heavy atom. The molecule has 0 aromatic heterocycles. The maximum atomic E-state index is 12.2. The molecular weight excluding hydrogens is 248 g/mol. The first-order valence-corrected chi connectivity index (χ1v) is 7.86. The molecule has 1 saturated heterocycles. The number of rotatable bonds is 3. The molecule has 5 heteroatoms. The number of aryl methyl sites for hydroxylation is 1. The van der Waals surface area contributed by atoms with Gasteiger partial charge in [-0.2, -0.15) is 0 Å². The molecule has 0 bridgehead atoms. The van der Waals surface area contributed by atoms with Crippen LogP contribution in [0, 0.1) is 6.92 Å². The average Bonchev–Trinajstić information content (AvgIpc) is 2.57. The summed E-state index contributed by atoms with van der Waals surface area (Å²) >= 11 is 0. The maximum absolute atomic E-state index is 12.2. The van der Waals surface area contributed by atoms with Gasteiger partial charge >= 0.3 is 0 Å². The molecule has 4 nitrogen and oxygen atoms in total. The van der Waals surface area contributed by atoms with Crippen molar-refractivity contribution in [3.05, 3.63) is 29.8 Å². The number of hydrogen-bond donors (Lipinski definition) is 2. The first kappa shape index (κ1) is 13.5. The lowest BCUT2D eigenvalue weighted by atomic mass is 10.1. The van der Waals surface area contributed by atoms with E-state index in [1.165, 1.54) is 0 Å². The average molecular weight is 268 g/mol. The summed E-state index contributed by atoms with van der Waals surface area (Å²) in [4.78, 5) is 0.352. The van der Waals surface area contributed by atoms with Gasteiger partial charge in [0.25, 0.3) is 0 Å². The second kappa shape index (κ2) is 5.82. The number of hydrogen-bond acceptors (Lipinski definition) is 3. The lowest BCUT2D eigenvalue weighted by Gasteiger charge is -2.16. The Labute approximate surface area is 109 Å². The fourth-order valence-corrected chi connectivity index (χ4v) is 3.45. The molecule has 1 atom stereocenters. The van der Waals surface area contributed by atoms with Gasteiger partial charge in [0.1, 0.15) is 0 Å². The minimum absolute atomic E-state index is 0.0475. The second-order valence-corrected chi connectivity index (χ2v) is 6.53. The molecule has 1 aliphatic rings. The number of sulfonamides is 1. The van der Waals surface area contributed by atoms with E-state index in [-0.39, 0.29) is 6.04 Å². The Morgan fingerprint density at radius 1 is 1.17 bits per heavy atom. The SMILES string of the molecule is Cc1ccc(S(=O)(=O)NC2CCCNCC2)cc1. The van der Waals surface area contributed by atoms with Gasteiger partial charge in [-0.25, -0.2) is 13.1 Å². The molecular formula is C13H20N2O2S. The van der Waals surface area contributed by atoms with Crippen molar-refractivity contribution in [2.75, 3.05) is 13.1 Å². The van der Waals surface area contributed by atoms with Crippen molar-refractivity contribution in [2.24, 2.45) is 0 Å². The first-order chi connectivity index (χ1) is 8.58. The van der Waals surface area contributed by atoms with Crippen LogP contribution in [0.15, 0.2) is 29.2 Å². The van der Waals surface area contributed by atoms with E-state index < -0.39 is 10.0 Å². The number of nitrogens with one attached hydrogen (secondary N) is 2. The molecule has 2 rings (SSSR count). The van der Waals surface area contributed by atoms with Gasteiger partial charge in [0, 0.05) is 6.04 Å². The molecule has 0 amide bonds. The largest absolute Gasteiger partial charge is 0.317 e. The van der Waals surface area contributed by atoms with E-state index in [0.29, 0.717) is 4.90 Å². The summed E-state index contributed by atoms with van der Waals surface area (Å²) in [5.74, 6) is 0. The third-order valence-corrected chi connectivity index (χ3v) is 4.77. The monoisotopic (exact) mass is 268 g/mol. The minimum atomic E-state index is -3.37. The van der Waals surface area contributed by atoms with Crippen LogP contribution in [0.3, 0.4) is 0 Å². The van der Waals surface area contributed by atoms with Crippen molar-refractivity contribution < 1.29 is 8.42 Å². The highest BCUT2D eigenvalue weighted by Crippen LogP contribution is 2.13. The van der Waals surface area contributed by atoms with Crippen LogP contribution in [-0.2, 0) is 10.0 Å². The summed E-state index contributed by atoms with van der Waals surface area (Å²) in [5, 5.41) is 3.28. The van der Waals surface area contributed by atoms with E-state index in [9.17, 15) is 8.42 Å². The lowest BCUT2D eigenvalue weighted by Crippen LogP contribution is -2.35. The van der Waals surface area contributed by atoms with Crippen LogP contribution in [0.1, 0.15) is 24.8 Å². The zero-order valence-corrected chi connectivity index (χ0v) is 11.5. The normalized spacial score (nSPS) is 21.5. The zero-order valence-electron chi connectivity index (χ0n) is 10.6. The van der Waals surface area contributed by atoms with Crippen LogP contribution >= 0.6 is 0 Å². The van der Waals surface area contributed by atoms with E-state index >= 15 is 0 Å². The van der Waals surface area contributed by atoms with Crippen LogP contribution in [-0.4, -0.2) is 27.5 Å². The van der Waals surface area contributed by atoms with Crippen LogP contribution in [0.25, 0.3) is 0 Å². The van der Waals surface area contributed by atoms with Gasteiger partial charge in [-0.1, -0.05) is 17.7 Å². The van der Waals surface area contributed by atoms with Gasteiger partial charge in [-0.3, -0.25) is 0 Å². The van der Waals surface area contributed by atoms with Crippen molar-refractivity contribution in [1.29, 1.82) is 0 Å². The quantitative estimate of drug-likeness (QED) is 0.871. The molecule has 1 aliphatic heterocycles. The predicted octanol–water partition coefficient (Wildman–Crippen LogP) is 1.42. The van der Waals surface area contributed by atoms with E-state index in [1.807, 2.05) is 19.1 Å². The summed E-state index contributed by atoms with van der Waals surface area (Å²) in [6.45, 7) is 3.80. The van der Waals surface area contributed by atoms with Crippen LogP contribution < -0.4 is 10.0 Å². The summed E-state index contributed by atoms with van der Waals surface area (Å²) in [7, 11) is -3.37. The molecule has 18 heavy (non-hydrogen) atoms. The Balaban J connectivity index is 2.08. The summed E-state index contributed by atoms with van der Waals surface area (Å²) in [6.07, 6.45) is 2.77. The smallest absolute Gasteiger partial charge is 0.240 e. The zero-order chi connectivity index (χ0) is 13.0. The highest BCUT2D eigenvalue weighted by Gasteiger charge is 2.20. The van der Waals surface area contributed by atoms with E-state index in [4.69, 9.17) is 0 Å². The Hall–Kier alpha value is -0.910. The van der Waals surface area contributed by atoms with E-state index in [1.54, 1.807) is 12.1 Å². The van der Waals surface area contributed by atoms with Gasteiger partial charge in [0.2, 0.25) is 10.0 Å². The fourth-order valence-electron chi connectivity index (χ4n) is 2.14. The van der Waals surface area contributed by atoms with Crippen LogP contribution in [0.4, 0.5) is 0 Å². The molecule has 0 aliphatic carbocycles. The maximum Gasteiger partial charge on any atom is 0.240 e. The standard InChI is InChI=1S/C13H20N2O2S/c1-11-4-6-13(7-5-11)18(16,17)15-12-3-2-9-14-10-8-12/h4-7,12,14-15H,2-3,8-10H2,1H3. The van der Waals surface area contributed by atoms with Gasteiger partial charge in [-0.05, 0) is 51.4 Å². The van der Waals surface area contributed by atoms with Crippen molar-refractivity contribution >= 4 is 10.0 Å². The van der Waals surface area contributed by atoms with Crippen molar-refractivity contribution in [3.8, 4) is 0 Å². The van der Waals surface area contributed by atoms with Gasteiger partial charge in [0.05, 0.1) is 4.90 Å². The summed E-state index contributed by atoms with van der Waals surface area (Å²) in [5.41, 5.74) is 1.06. The third kappa shape index (κ3) is 3.54. The first-order valence-electron chi connectivity index (χ1n) is 6.38. The van der Waals surface area contributed by atoms with Gasteiger partial charge in [0.15, 0.2) is 0 Å². The molecule has 0 saturated carbocycles. The molecule has 100 valence electrons. The number of benzene rings is 1.